The van der Waals surface area contributed by atoms with Crippen molar-refractivity contribution in [3.05, 3.63) is 30.1 Å². The van der Waals surface area contributed by atoms with E-state index in [0.717, 1.165) is 31.2 Å². The van der Waals surface area contributed by atoms with E-state index in [1.54, 1.807) is 0 Å². The SMILES string of the molecule is c1cnc2[nH]c(CC3CCOCC3)cc2c1. The van der Waals surface area contributed by atoms with Gasteiger partial charge in [-0.15, -0.1) is 0 Å². The van der Waals surface area contributed by atoms with Crippen LogP contribution in [0.5, 0.6) is 0 Å². The summed E-state index contributed by atoms with van der Waals surface area (Å²) >= 11 is 0. The molecule has 3 nitrogen and oxygen atoms in total. The number of nitrogens with one attached hydrogen (secondary N) is 1. The van der Waals surface area contributed by atoms with Gasteiger partial charge in [0.1, 0.15) is 5.65 Å². The van der Waals surface area contributed by atoms with E-state index in [9.17, 15) is 0 Å². The molecule has 2 aromatic heterocycles. The summed E-state index contributed by atoms with van der Waals surface area (Å²) in [5.74, 6) is 0.766. The van der Waals surface area contributed by atoms with Crippen LogP contribution >= 0.6 is 0 Å². The Balaban J connectivity index is 1.78. The summed E-state index contributed by atoms with van der Waals surface area (Å²) in [6.45, 7) is 1.84. The van der Waals surface area contributed by atoms with E-state index < -0.39 is 0 Å². The highest BCUT2D eigenvalue weighted by atomic mass is 16.5. The fourth-order valence-corrected chi connectivity index (χ4v) is 2.39. The van der Waals surface area contributed by atoms with Crippen LogP contribution in [0.4, 0.5) is 0 Å². The topological polar surface area (TPSA) is 37.9 Å². The van der Waals surface area contributed by atoms with Crippen molar-refractivity contribution in [3.8, 4) is 0 Å². The Kier molecular flexibility index (Phi) is 2.62. The fraction of sp³-hybridized carbons (Fsp3) is 0.462. The average molecular weight is 216 g/mol. The molecule has 0 aromatic carbocycles. The van der Waals surface area contributed by atoms with Crippen molar-refractivity contribution in [2.24, 2.45) is 5.92 Å². The second-order valence-corrected chi connectivity index (χ2v) is 4.50. The third kappa shape index (κ3) is 1.95. The Labute approximate surface area is 94.8 Å². The predicted octanol–water partition coefficient (Wildman–Crippen LogP) is 2.53. The maximum atomic E-state index is 5.37. The number of fused-ring (bicyclic) bond motifs is 1. The van der Waals surface area contributed by atoms with E-state index >= 15 is 0 Å². The normalized spacial score (nSPS) is 18.0. The van der Waals surface area contributed by atoms with Crippen molar-refractivity contribution in [3.63, 3.8) is 0 Å². The maximum Gasteiger partial charge on any atom is 0.137 e. The Hall–Kier alpha value is -1.35. The average Bonchev–Trinajstić information content (AvgIpc) is 2.72. The van der Waals surface area contributed by atoms with Gasteiger partial charge in [-0.05, 0) is 43.4 Å². The van der Waals surface area contributed by atoms with E-state index in [-0.39, 0.29) is 0 Å². The van der Waals surface area contributed by atoms with E-state index in [1.165, 1.54) is 23.9 Å². The second kappa shape index (κ2) is 4.26. The number of pyridine rings is 1. The lowest BCUT2D eigenvalue weighted by Crippen LogP contribution is -2.17. The third-order valence-electron chi connectivity index (χ3n) is 3.30. The molecular formula is C13H16N2O. The van der Waals surface area contributed by atoms with Crippen LogP contribution < -0.4 is 0 Å². The molecule has 1 N–H and O–H groups in total. The number of hydrogen-bond acceptors (Lipinski definition) is 2. The van der Waals surface area contributed by atoms with Crippen LogP contribution in [0, 0.1) is 5.92 Å². The van der Waals surface area contributed by atoms with Crippen LogP contribution in [-0.4, -0.2) is 23.2 Å². The molecule has 3 heteroatoms. The minimum Gasteiger partial charge on any atom is -0.381 e. The molecular weight excluding hydrogens is 200 g/mol. The van der Waals surface area contributed by atoms with E-state index in [2.05, 4.69) is 22.1 Å². The van der Waals surface area contributed by atoms with Gasteiger partial charge in [0, 0.05) is 30.5 Å². The first-order valence-corrected chi connectivity index (χ1v) is 5.92. The zero-order valence-corrected chi connectivity index (χ0v) is 9.28. The monoisotopic (exact) mass is 216 g/mol. The van der Waals surface area contributed by atoms with Crippen molar-refractivity contribution in [2.75, 3.05) is 13.2 Å². The predicted molar refractivity (Wildman–Crippen MR) is 63.3 cm³/mol. The molecule has 2 aromatic rings. The molecule has 0 radical (unpaired) electrons. The summed E-state index contributed by atoms with van der Waals surface area (Å²) < 4.78 is 5.37. The lowest BCUT2D eigenvalue weighted by atomic mass is 9.95. The number of aromatic nitrogens is 2. The second-order valence-electron chi connectivity index (χ2n) is 4.50. The number of ether oxygens (including phenoxy) is 1. The molecule has 0 saturated carbocycles. The van der Waals surface area contributed by atoms with Crippen LogP contribution in [0.2, 0.25) is 0 Å². The highest BCUT2D eigenvalue weighted by Crippen LogP contribution is 2.21. The Morgan fingerprint density at radius 2 is 2.25 bits per heavy atom. The van der Waals surface area contributed by atoms with Gasteiger partial charge in [-0.3, -0.25) is 0 Å². The third-order valence-corrected chi connectivity index (χ3v) is 3.30. The quantitative estimate of drug-likeness (QED) is 0.837. The summed E-state index contributed by atoms with van der Waals surface area (Å²) in [4.78, 5) is 7.71. The highest BCUT2D eigenvalue weighted by Gasteiger charge is 2.15. The number of aromatic amines is 1. The molecule has 0 spiro atoms. The van der Waals surface area contributed by atoms with Gasteiger partial charge in [0.15, 0.2) is 0 Å². The van der Waals surface area contributed by atoms with Gasteiger partial charge in [-0.1, -0.05) is 0 Å². The molecule has 16 heavy (non-hydrogen) atoms. The van der Waals surface area contributed by atoms with E-state index in [0.29, 0.717) is 0 Å². The summed E-state index contributed by atoms with van der Waals surface area (Å²) in [5.41, 5.74) is 2.31. The van der Waals surface area contributed by atoms with Crippen molar-refractivity contribution < 1.29 is 4.74 Å². The molecule has 0 atom stereocenters. The van der Waals surface area contributed by atoms with Gasteiger partial charge >= 0.3 is 0 Å². The molecule has 3 heterocycles. The molecule has 0 amide bonds. The molecule has 1 aliphatic rings. The standard InChI is InChI=1S/C13H16N2O/c1-2-11-9-12(15-13(11)14-5-1)8-10-3-6-16-7-4-10/h1-2,5,9-10H,3-4,6-8H2,(H,14,15). The van der Waals surface area contributed by atoms with Gasteiger partial charge in [0.05, 0.1) is 0 Å². The molecule has 0 bridgehead atoms. The van der Waals surface area contributed by atoms with Crippen molar-refractivity contribution >= 4 is 11.0 Å². The maximum absolute atomic E-state index is 5.37. The number of rotatable bonds is 2. The number of H-pyrrole nitrogens is 1. The molecule has 1 aliphatic heterocycles. The van der Waals surface area contributed by atoms with Crippen LogP contribution in [-0.2, 0) is 11.2 Å². The summed E-state index contributed by atoms with van der Waals surface area (Å²) in [7, 11) is 0. The number of nitrogens with zero attached hydrogens (tertiary/aromatic N) is 1. The van der Waals surface area contributed by atoms with E-state index in [1.807, 2.05) is 12.3 Å². The number of hydrogen-bond donors (Lipinski definition) is 1. The summed E-state index contributed by atoms with van der Waals surface area (Å²) in [6, 6.07) is 6.30. The van der Waals surface area contributed by atoms with Gasteiger partial charge in [-0.2, -0.15) is 0 Å². The largest absolute Gasteiger partial charge is 0.381 e. The highest BCUT2D eigenvalue weighted by molar-refractivity contribution is 5.76. The zero-order valence-electron chi connectivity index (χ0n) is 9.28. The van der Waals surface area contributed by atoms with Crippen LogP contribution in [0.25, 0.3) is 11.0 Å². The molecule has 1 saturated heterocycles. The molecule has 1 fully saturated rings. The van der Waals surface area contributed by atoms with Crippen LogP contribution in [0.1, 0.15) is 18.5 Å². The first-order valence-electron chi connectivity index (χ1n) is 5.92. The van der Waals surface area contributed by atoms with Crippen LogP contribution in [0.15, 0.2) is 24.4 Å². The molecule has 0 aliphatic carbocycles. The van der Waals surface area contributed by atoms with Crippen LogP contribution in [0.3, 0.4) is 0 Å². The minimum absolute atomic E-state index is 0.766. The molecule has 3 rings (SSSR count). The molecule has 84 valence electrons. The molecule has 0 unspecified atom stereocenters. The Morgan fingerprint density at radius 1 is 1.38 bits per heavy atom. The Morgan fingerprint density at radius 3 is 3.06 bits per heavy atom. The van der Waals surface area contributed by atoms with Gasteiger partial charge in [0.2, 0.25) is 0 Å². The van der Waals surface area contributed by atoms with Gasteiger partial charge in [0.25, 0.3) is 0 Å². The smallest absolute Gasteiger partial charge is 0.137 e. The summed E-state index contributed by atoms with van der Waals surface area (Å²) in [6.07, 6.45) is 5.32. The lowest BCUT2D eigenvalue weighted by Gasteiger charge is -2.21. The minimum atomic E-state index is 0.766. The lowest BCUT2D eigenvalue weighted by molar-refractivity contribution is 0.0663. The first-order chi connectivity index (χ1) is 7.92. The van der Waals surface area contributed by atoms with Crippen molar-refractivity contribution in [1.82, 2.24) is 9.97 Å². The van der Waals surface area contributed by atoms with Crippen molar-refractivity contribution in [1.29, 1.82) is 0 Å². The summed E-state index contributed by atoms with van der Waals surface area (Å²) in [5, 5.41) is 1.21. The van der Waals surface area contributed by atoms with Gasteiger partial charge < -0.3 is 9.72 Å². The van der Waals surface area contributed by atoms with Crippen molar-refractivity contribution in [2.45, 2.75) is 19.3 Å². The van der Waals surface area contributed by atoms with E-state index in [4.69, 9.17) is 4.74 Å². The first kappa shape index (κ1) is 9.85. The zero-order chi connectivity index (χ0) is 10.8. The fourth-order valence-electron chi connectivity index (χ4n) is 2.39. The Bertz CT molecular complexity index is 438. The van der Waals surface area contributed by atoms with Gasteiger partial charge in [-0.25, -0.2) is 4.98 Å².